The molecule has 1 aliphatic carbocycles. The summed E-state index contributed by atoms with van der Waals surface area (Å²) in [6.45, 7) is 2.04. The molecule has 1 saturated carbocycles. The summed E-state index contributed by atoms with van der Waals surface area (Å²) >= 11 is 1.40. The number of hydrogen-bond donors (Lipinski definition) is 3. The van der Waals surface area contributed by atoms with E-state index >= 15 is 0 Å². The van der Waals surface area contributed by atoms with Crippen LogP contribution in [0, 0.1) is 0 Å². The maximum atomic E-state index is 12.2. The molecular formula is C23H32N4O2S. The van der Waals surface area contributed by atoms with Crippen molar-refractivity contribution in [1.82, 2.24) is 15.6 Å². The molecule has 1 aromatic heterocycles. The van der Waals surface area contributed by atoms with E-state index in [0.29, 0.717) is 18.0 Å². The number of aromatic nitrogens is 1. The van der Waals surface area contributed by atoms with E-state index in [1.807, 2.05) is 30.5 Å². The van der Waals surface area contributed by atoms with Gasteiger partial charge in [0.1, 0.15) is 0 Å². The molecule has 2 aromatic rings. The molecule has 1 aliphatic rings. The molecule has 1 aromatic carbocycles. The first-order valence-electron chi connectivity index (χ1n) is 10.9. The average Bonchev–Trinajstić information content (AvgIpc) is 3.19. The Hall–Kier alpha value is -2.41. The fourth-order valence-electron chi connectivity index (χ4n) is 3.73. The van der Waals surface area contributed by atoms with E-state index in [1.54, 1.807) is 0 Å². The summed E-state index contributed by atoms with van der Waals surface area (Å²) in [4.78, 5) is 28.8. The molecule has 0 aliphatic heterocycles. The second-order valence-electron chi connectivity index (χ2n) is 8.07. The van der Waals surface area contributed by atoms with Crippen molar-refractivity contribution >= 4 is 28.4 Å². The van der Waals surface area contributed by atoms with Crippen LogP contribution in [0.5, 0.6) is 0 Å². The molecule has 7 heteroatoms. The van der Waals surface area contributed by atoms with Gasteiger partial charge in [0, 0.05) is 23.9 Å². The number of urea groups is 1. The maximum absolute atomic E-state index is 12.2. The predicted octanol–water partition coefficient (Wildman–Crippen LogP) is 4.67. The van der Waals surface area contributed by atoms with Gasteiger partial charge < -0.3 is 10.6 Å². The molecule has 1 atom stereocenters. The number of nitrogens with zero attached hydrogens (tertiary/aromatic N) is 1. The van der Waals surface area contributed by atoms with Gasteiger partial charge in [0.15, 0.2) is 5.13 Å². The zero-order valence-electron chi connectivity index (χ0n) is 17.7. The normalized spacial score (nSPS) is 15.4. The lowest BCUT2D eigenvalue weighted by molar-refractivity contribution is -0.121. The van der Waals surface area contributed by atoms with Gasteiger partial charge in [-0.15, -0.1) is 11.3 Å². The Kier molecular flexibility index (Phi) is 8.68. The summed E-state index contributed by atoms with van der Waals surface area (Å²) < 4.78 is 0. The Labute approximate surface area is 182 Å². The minimum Gasteiger partial charge on any atom is -0.354 e. The minimum atomic E-state index is -0.187. The molecule has 0 saturated heterocycles. The number of rotatable bonds is 9. The van der Waals surface area contributed by atoms with Crippen molar-refractivity contribution in [2.45, 2.75) is 76.8 Å². The lowest BCUT2D eigenvalue weighted by Crippen LogP contribution is -2.39. The van der Waals surface area contributed by atoms with Crippen molar-refractivity contribution in [3.05, 3.63) is 47.0 Å². The van der Waals surface area contributed by atoms with Crippen LogP contribution < -0.4 is 16.0 Å². The van der Waals surface area contributed by atoms with Crippen LogP contribution >= 0.6 is 11.3 Å². The van der Waals surface area contributed by atoms with Gasteiger partial charge in [-0.25, -0.2) is 9.78 Å². The van der Waals surface area contributed by atoms with E-state index in [1.165, 1.54) is 36.2 Å². The zero-order chi connectivity index (χ0) is 21.2. The number of anilines is 1. The Balaban J connectivity index is 1.33. The molecule has 3 N–H and O–H groups in total. The SMILES string of the molecule is CC(CCc1ccccc1)NC(=O)CCc1csc(NC(=O)NC2CCCCC2)n1. The van der Waals surface area contributed by atoms with Crippen LogP contribution in [-0.4, -0.2) is 29.0 Å². The second kappa shape index (κ2) is 11.7. The van der Waals surface area contributed by atoms with E-state index < -0.39 is 0 Å². The van der Waals surface area contributed by atoms with Gasteiger partial charge in [-0.3, -0.25) is 10.1 Å². The van der Waals surface area contributed by atoms with E-state index in [-0.39, 0.29) is 24.0 Å². The third-order valence-corrected chi connectivity index (χ3v) is 6.24. The fourth-order valence-corrected chi connectivity index (χ4v) is 4.47. The summed E-state index contributed by atoms with van der Waals surface area (Å²) in [5.41, 5.74) is 2.12. The van der Waals surface area contributed by atoms with Crippen molar-refractivity contribution in [2.75, 3.05) is 5.32 Å². The molecule has 162 valence electrons. The molecule has 1 fully saturated rings. The maximum Gasteiger partial charge on any atom is 0.321 e. The Morgan fingerprint density at radius 3 is 2.67 bits per heavy atom. The second-order valence-corrected chi connectivity index (χ2v) is 8.93. The largest absolute Gasteiger partial charge is 0.354 e. The van der Waals surface area contributed by atoms with Crippen LogP contribution in [0.2, 0.25) is 0 Å². The molecule has 3 amide bonds. The van der Waals surface area contributed by atoms with Crippen LogP contribution in [0.1, 0.15) is 63.1 Å². The quantitative estimate of drug-likeness (QED) is 0.543. The number of benzene rings is 1. The van der Waals surface area contributed by atoms with E-state index in [2.05, 4.69) is 33.1 Å². The fraction of sp³-hybridized carbons (Fsp3) is 0.522. The number of carbonyl (C=O) groups excluding carboxylic acids is 2. The first kappa shape index (κ1) is 22.3. The summed E-state index contributed by atoms with van der Waals surface area (Å²) in [7, 11) is 0. The highest BCUT2D eigenvalue weighted by Gasteiger charge is 2.16. The van der Waals surface area contributed by atoms with Crippen LogP contribution in [0.3, 0.4) is 0 Å². The summed E-state index contributed by atoms with van der Waals surface area (Å²) in [5, 5.41) is 11.4. The number of nitrogens with one attached hydrogen (secondary N) is 3. The highest BCUT2D eigenvalue weighted by atomic mass is 32.1. The van der Waals surface area contributed by atoms with Crippen molar-refractivity contribution < 1.29 is 9.59 Å². The minimum absolute atomic E-state index is 0.0353. The smallest absolute Gasteiger partial charge is 0.321 e. The number of aryl methyl sites for hydroxylation is 2. The van der Waals surface area contributed by atoms with E-state index in [4.69, 9.17) is 0 Å². The van der Waals surface area contributed by atoms with Crippen LogP contribution in [0.25, 0.3) is 0 Å². The van der Waals surface area contributed by atoms with E-state index in [9.17, 15) is 9.59 Å². The zero-order valence-corrected chi connectivity index (χ0v) is 18.5. The van der Waals surface area contributed by atoms with Crippen LogP contribution in [-0.2, 0) is 17.6 Å². The summed E-state index contributed by atoms with van der Waals surface area (Å²) in [6, 6.07) is 10.5. The monoisotopic (exact) mass is 428 g/mol. The molecule has 30 heavy (non-hydrogen) atoms. The molecule has 1 heterocycles. The molecular weight excluding hydrogens is 396 g/mol. The van der Waals surface area contributed by atoms with Crippen molar-refractivity contribution in [1.29, 1.82) is 0 Å². The first-order chi connectivity index (χ1) is 14.6. The molecule has 6 nitrogen and oxygen atoms in total. The predicted molar refractivity (Wildman–Crippen MR) is 122 cm³/mol. The molecule has 0 bridgehead atoms. The van der Waals surface area contributed by atoms with Gasteiger partial charge in [-0.2, -0.15) is 0 Å². The number of hydrogen-bond acceptors (Lipinski definition) is 4. The van der Waals surface area contributed by atoms with E-state index in [0.717, 1.165) is 31.4 Å². The highest BCUT2D eigenvalue weighted by molar-refractivity contribution is 7.13. The molecule has 0 radical (unpaired) electrons. The van der Waals surface area contributed by atoms with Gasteiger partial charge in [0.05, 0.1) is 5.69 Å². The molecule has 0 spiro atoms. The van der Waals surface area contributed by atoms with Gasteiger partial charge >= 0.3 is 6.03 Å². The van der Waals surface area contributed by atoms with Crippen molar-refractivity contribution in [2.24, 2.45) is 0 Å². The van der Waals surface area contributed by atoms with Gasteiger partial charge in [0.2, 0.25) is 5.91 Å². The third kappa shape index (κ3) is 7.78. The summed E-state index contributed by atoms with van der Waals surface area (Å²) in [5.74, 6) is 0.0353. The lowest BCUT2D eigenvalue weighted by atomic mass is 9.96. The topological polar surface area (TPSA) is 83.1 Å². The Morgan fingerprint density at radius 1 is 1.13 bits per heavy atom. The molecule has 3 rings (SSSR count). The Morgan fingerprint density at radius 2 is 1.90 bits per heavy atom. The van der Waals surface area contributed by atoms with Crippen molar-refractivity contribution in [3.63, 3.8) is 0 Å². The highest BCUT2D eigenvalue weighted by Crippen LogP contribution is 2.19. The van der Waals surface area contributed by atoms with Gasteiger partial charge in [0.25, 0.3) is 0 Å². The first-order valence-corrected chi connectivity index (χ1v) is 11.8. The Bertz CT molecular complexity index is 803. The van der Waals surface area contributed by atoms with Crippen LogP contribution in [0.15, 0.2) is 35.7 Å². The number of amides is 3. The standard InChI is InChI=1S/C23H32N4O2S/c1-17(12-13-18-8-4-2-5-9-18)24-21(28)15-14-20-16-30-23(26-20)27-22(29)25-19-10-6-3-7-11-19/h2,4-5,8-9,16-17,19H,3,6-7,10-15H2,1H3,(H,24,28)(H2,25,26,27,29). The average molecular weight is 429 g/mol. The van der Waals surface area contributed by atoms with Crippen LogP contribution in [0.4, 0.5) is 9.93 Å². The number of thiazole rings is 1. The summed E-state index contributed by atoms with van der Waals surface area (Å²) in [6.07, 6.45) is 8.55. The van der Waals surface area contributed by atoms with Crippen molar-refractivity contribution in [3.8, 4) is 0 Å². The molecule has 1 unspecified atom stereocenters. The van der Waals surface area contributed by atoms with Gasteiger partial charge in [-0.05, 0) is 44.6 Å². The van der Waals surface area contributed by atoms with Gasteiger partial charge in [-0.1, -0.05) is 49.6 Å². The lowest BCUT2D eigenvalue weighted by Gasteiger charge is -2.22. The third-order valence-electron chi connectivity index (χ3n) is 5.44. The number of carbonyl (C=O) groups is 2.